The predicted octanol–water partition coefficient (Wildman–Crippen LogP) is 1.01. The van der Waals surface area contributed by atoms with Crippen molar-refractivity contribution < 1.29 is 18.3 Å². The van der Waals surface area contributed by atoms with Crippen molar-refractivity contribution in [3.8, 4) is 0 Å². The van der Waals surface area contributed by atoms with Gasteiger partial charge in [0.1, 0.15) is 9.09 Å². The van der Waals surface area contributed by atoms with E-state index in [1.54, 1.807) is 23.1 Å². The molecule has 20 heavy (non-hydrogen) atoms. The lowest BCUT2D eigenvalue weighted by atomic mass is 10.4. The van der Waals surface area contributed by atoms with Crippen LogP contribution in [0.1, 0.15) is 16.1 Å². The maximum absolute atomic E-state index is 11.9. The van der Waals surface area contributed by atoms with E-state index < -0.39 is 16.0 Å². The van der Waals surface area contributed by atoms with Crippen molar-refractivity contribution in [3.63, 3.8) is 0 Å². The molecule has 0 radical (unpaired) electrons. The molecule has 0 bridgehead atoms. The highest BCUT2D eigenvalue weighted by Crippen LogP contribution is 2.21. The Hall–Kier alpha value is -1.71. The summed E-state index contributed by atoms with van der Waals surface area (Å²) in [5.74, 6) is -1.13. The largest absolute Gasteiger partial charge is 0.477 e. The summed E-state index contributed by atoms with van der Waals surface area (Å²) in [4.78, 5) is 10.7. The molecular weight excluding hydrogens is 302 g/mol. The van der Waals surface area contributed by atoms with E-state index in [4.69, 9.17) is 5.11 Å². The van der Waals surface area contributed by atoms with Gasteiger partial charge in [-0.25, -0.2) is 17.9 Å². The zero-order chi connectivity index (χ0) is 14.6. The van der Waals surface area contributed by atoms with Gasteiger partial charge < -0.3 is 5.11 Å². The lowest BCUT2D eigenvalue weighted by molar-refractivity contribution is 0.0702. The van der Waals surface area contributed by atoms with Gasteiger partial charge in [0.25, 0.3) is 0 Å². The van der Waals surface area contributed by atoms with Crippen LogP contribution in [0.5, 0.6) is 0 Å². The number of carbonyl (C=O) groups is 1. The zero-order valence-electron chi connectivity index (χ0n) is 10.4. The highest BCUT2D eigenvalue weighted by atomic mass is 32.2. The Morgan fingerprint density at radius 1 is 1.45 bits per heavy atom. The number of thiophene rings is 1. The number of hydrogen-bond acceptors (Lipinski definition) is 5. The van der Waals surface area contributed by atoms with Crippen molar-refractivity contribution in [2.45, 2.75) is 17.2 Å². The van der Waals surface area contributed by atoms with Crippen molar-refractivity contribution in [1.29, 1.82) is 0 Å². The van der Waals surface area contributed by atoms with E-state index in [9.17, 15) is 13.2 Å². The molecule has 2 aromatic rings. The van der Waals surface area contributed by atoms with Crippen molar-refractivity contribution >= 4 is 27.3 Å². The number of nitrogens with one attached hydrogen (secondary N) is 1. The molecule has 0 unspecified atom stereocenters. The molecule has 0 amide bonds. The standard InChI is InChI=1S/C11H13N3O4S2/c15-11(16)9-3-4-10(19-9)20(17,18)13-6-2-8-14-7-1-5-12-14/h1,3-5,7,13H,2,6,8H2,(H,15,16). The third-order valence-corrected chi connectivity index (χ3v) is 5.50. The molecule has 2 rings (SSSR count). The summed E-state index contributed by atoms with van der Waals surface area (Å²) in [6.45, 7) is 0.878. The van der Waals surface area contributed by atoms with E-state index in [2.05, 4.69) is 9.82 Å². The second kappa shape index (κ2) is 6.16. The van der Waals surface area contributed by atoms with Gasteiger partial charge in [-0.05, 0) is 24.6 Å². The Morgan fingerprint density at radius 2 is 2.25 bits per heavy atom. The van der Waals surface area contributed by atoms with Crippen LogP contribution in [-0.4, -0.2) is 35.8 Å². The van der Waals surface area contributed by atoms with Crippen molar-refractivity contribution in [1.82, 2.24) is 14.5 Å². The van der Waals surface area contributed by atoms with E-state index in [1.165, 1.54) is 12.1 Å². The minimum absolute atomic E-state index is 0.00177. The first kappa shape index (κ1) is 14.7. The molecule has 9 heteroatoms. The minimum atomic E-state index is -3.64. The van der Waals surface area contributed by atoms with E-state index in [1.807, 2.05) is 0 Å². The quantitative estimate of drug-likeness (QED) is 0.743. The minimum Gasteiger partial charge on any atom is -0.477 e. The molecule has 0 atom stereocenters. The van der Waals surface area contributed by atoms with Crippen LogP contribution in [0.2, 0.25) is 0 Å². The van der Waals surface area contributed by atoms with Gasteiger partial charge >= 0.3 is 5.97 Å². The van der Waals surface area contributed by atoms with Gasteiger partial charge in [-0.2, -0.15) is 5.10 Å². The van der Waals surface area contributed by atoms with Crippen LogP contribution in [0, 0.1) is 0 Å². The molecule has 2 N–H and O–H groups in total. The summed E-state index contributed by atoms with van der Waals surface area (Å²) in [7, 11) is -3.64. The number of carboxylic acids is 1. The van der Waals surface area contributed by atoms with Crippen molar-refractivity contribution in [2.75, 3.05) is 6.54 Å². The molecule has 0 saturated heterocycles. The molecule has 0 saturated carbocycles. The van der Waals surface area contributed by atoms with E-state index in [0.29, 0.717) is 13.0 Å². The molecular formula is C11H13N3O4S2. The van der Waals surface area contributed by atoms with Crippen LogP contribution in [0.15, 0.2) is 34.8 Å². The number of carboxylic acid groups (broad SMARTS) is 1. The second-order valence-corrected chi connectivity index (χ2v) is 7.02. The maximum Gasteiger partial charge on any atom is 0.345 e. The van der Waals surface area contributed by atoms with Crippen molar-refractivity contribution in [2.24, 2.45) is 0 Å². The third-order valence-electron chi connectivity index (χ3n) is 2.47. The van der Waals surface area contributed by atoms with Gasteiger partial charge in [-0.15, -0.1) is 11.3 Å². The molecule has 0 aliphatic carbocycles. The number of aromatic carboxylic acids is 1. The molecule has 2 aromatic heterocycles. The summed E-state index contributed by atoms with van der Waals surface area (Å²) in [6, 6.07) is 4.37. The van der Waals surface area contributed by atoms with Gasteiger partial charge in [0, 0.05) is 25.5 Å². The Morgan fingerprint density at radius 3 is 2.85 bits per heavy atom. The molecule has 0 aromatic carbocycles. The molecule has 0 spiro atoms. The van der Waals surface area contributed by atoms with Crippen LogP contribution in [0.4, 0.5) is 0 Å². The Bertz CT molecular complexity index is 676. The van der Waals surface area contributed by atoms with Gasteiger partial charge in [0.2, 0.25) is 10.0 Å². The first-order valence-electron chi connectivity index (χ1n) is 5.79. The molecule has 0 aliphatic heterocycles. The van der Waals surface area contributed by atoms with Crippen molar-refractivity contribution in [3.05, 3.63) is 35.5 Å². The smallest absolute Gasteiger partial charge is 0.345 e. The third kappa shape index (κ3) is 3.65. The van der Waals surface area contributed by atoms with E-state index >= 15 is 0 Å². The number of rotatable bonds is 7. The van der Waals surface area contributed by atoms with Gasteiger partial charge in [-0.1, -0.05) is 0 Å². The maximum atomic E-state index is 11.9. The summed E-state index contributed by atoms with van der Waals surface area (Å²) < 4.78 is 28.0. The van der Waals surface area contributed by atoms with Gasteiger partial charge in [-0.3, -0.25) is 4.68 Å². The average molecular weight is 315 g/mol. The lowest BCUT2D eigenvalue weighted by Crippen LogP contribution is -2.24. The highest BCUT2D eigenvalue weighted by molar-refractivity contribution is 7.91. The number of aryl methyl sites for hydroxylation is 1. The van der Waals surface area contributed by atoms with Gasteiger partial charge in [0.05, 0.1) is 0 Å². The first-order chi connectivity index (χ1) is 9.49. The fourth-order valence-corrected chi connectivity index (χ4v) is 3.79. The zero-order valence-corrected chi connectivity index (χ0v) is 12.0. The second-order valence-electron chi connectivity index (χ2n) is 3.94. The van der Waals surface area contributed by atoms with Crippen LogP contribution in [-0.2, 0) is 16.6 Å². The number of nitrogens with zero attached hydrogens (tertiary/aromatic N) is 2. The summed E-state index contributed by atoms with van der Waals surface area (Å²) in [5, 5.41) is 12.8. The van der Waals surface area contributed by atoms with Gasteiger partial charge in [0.15, 0.2) is 0 Å². The summed E-state index contributed by atoms with van der Waals surface area (Å²) in [5.41, 5.74) is 0. The van der Waals surface area contributed by atoms with E-state index in [0.717, 1.165) is 11.3 Å². The average Bonchev–Trinajstić information content (AvgIpc) is 3.05. The van der Waals surface area contributed by atoms with Crippen LogP contribution >= 0.6 is 11.3 Å². The number of sulfonamides is 1. The number of hydrogen-bond donors (Lipinski definition) is 2. The SMILES string of the molecule is O=C(O)c1ccc(S(=O)(=O)NCCCn2cccn2)s1. The highest BCUT2D eigenvalue weighted by Gasteiger charge is 2.18. The predicted molar refractivity (Wildman–Crippen MR) is 73.3 cm³/mol. The summed E-state index contributed by atoms with van der Waals surface area (Å²) in [6.07, 6.45) is 4.05. The van der Waals surface area contributed by atoms with E-state index in [-0.39, 0.29) is 15.6 Å². The molecule has 7 nitrogen and oxygen atoms in total. The molecule has 2 heterocycles. The molecule has 0 aliphatic rings. The lowest BCUT2D eigenvalue weighted by Gasteiger charge is -2.04. The monoisotopic (exact) mass is 315 g/mol. The molecule has 0 fully saturated rings. The van der Waals surface area contributed by atoms with Crippen LogP contribution < -0.4 is 4.72 Å². The van der Waals surface area contributed by atoms with Crippen LogP contribution in [0.3, 0.4) is 0 Å². The fraction of sp³-hybridized carbons (Fsp3) is 0.273. The Kier molecular flexibility index (Phi) is 4.53. The Labute approximate surface area is 119 Å². The van der Waals surface area contributed by atoms with Crippen LogP contribution in [0.25, 0.3) is 0 Å². The Balaban J connectivity index is 1.88. The normalized spacial score (nSPS) is 11.6. The fourth-order valence-electron chi connectivity index (χ4n) is 1.53. The number of aromatic nitrogens is 2. The topological polar surface area (TPSA) is 101 Å². The summed E-state index contributed by atoms with van der Waals surface area (Å²) >= 11 is 0.736. The first-order valence-corrected chi connectivity index (χ1v) is 8.09. The molecule has 108 valence electrons.